The minimum Gasteiger partial charge on any atom is -0.406 e. The van der Waals surface area contributed by atoms with Crippen LogP contribution in [0.4, 0.5) is 24.5 Å². The van der Waals surface area contributed by atoms with E-state index in [4.69, 9.17) is 17.6 Å². The Kier molecular flexibility index (Phi) is 8.11. The Balaban J connectivity index is 1.42. The minimum absolute atomic E-state index is 0.288. The van der Waals surface area contributed by atoms with Crippen LogP contribution >= 0.6 is 12.2 Å². The molecule has 0 unspecified atom stereocenters. The summed E-state index contributed by atoms with van der Waals surface area (Å²) in [5.41, 5.74) is 11.0. The van der Waals surface area contributed by atoms with Gasteiger partial charge in [-0.25, -0.2) is 0 Å². The Bertz CT molecular complexity index is 1390. The summed E-state index contributed by atoms with van der Waals surface area (Å²) >= 11 is 5.37. The number of alkyl halides is 3. The number of allylic oxidation sites excluding steroid dienone is 2. The first-order valence-electron chi connectivity index (χ1n) is 11.8. The summed E-state index contributed by atoms with van der Waals surface area (Å²) in [6.07, 6.45) is -0.396. The monoisotopic (exact) mass is 537 g/mol. The molecule has 1 aliphatic carbocycles. The van der Waals surface area contributed by atoms with Gasteiger partial charge in [0.25, 0.3) is 0 Å². The predicted molar refractivity (Wildman–Crippen MR) is 150 cm³/mol. The quantitative estimate of drug-likeness (QED) is 0.149. The van der Waals surface area contributed by atoms with Gasteiger partial charge in [-0.15, -0.1) is 13.2 Å². The number of benzene rings is 3. The van der Waals surface area contributed by atoms with Crippen molar-refractivity contribution in [2.24, 2.45) is 5.10 Å². The number of halogens is 3. The van der Waals surface area contributed by atoms with E-state index in [1.165, 1.54) is 30.5 Å². The predicted octanol–water partition coefficient (Wildman–Crippen LogP) is 6.94. The van der Waals surface area contributed by atoms with Gasteiger partial charge < -0.3 is 20.8 Å². The number of para-hydroxylation sites is 1. The number of fused-ring (bicyclic) bond motifs is 1. The van der Waals surface area contributed by atoms with Crippen LogP contribution in [-0.4, -0.2) is 23.9 Å². The van der Waals surface area contributed by atoms with Crippen molar-refractivity contribution in [2.75, 3.05) is 10.6 Å². The van der Waals surface area contributed by atoms with Crippen LogP contribution in [0, 0.1) is 19.3 Å². The van der Waals surface area contributed by atoms with E-state index in [1.807, 2.05) is 50.2 Å². The van der Waals surface area contributed by atoms with Crippen molar-refractivity contribution in [3.05, 3.63) is 94.2 Å². The van der Waals surface area contributed by atoms with E-state index in [9.17, 15) is 13.2 Å². The van der Waals surface area contributed by atoms with Gasteiger partial charge in [0, 0.05) is 28.9 Å². The van der Waals surface area contributed by atoms with Crippen LogP contribution in [0.25, 0.3) is 5.57 Å². The van der Waals surface area contributed by atoms with Crippen LogP contribution < -0.4 is 20.8 Å². The van der Waals surface area contributed by atoms with Crippen molar-refractivity contribution < 1.29 is 17.9 Å². The lowest BCUT2D eigenvalue weighted by Gasteiger charge is -2.23. The molecule has 0 atom stereocenters. The first-order chi connectivity index (χ1) is 18.1. The number of thiocarbonyl (C=S) groups is 1. The number of nitrogens with zero attached hydrogens (tertiary/aromatic N) is 1. The fourth-order valence-electron chi connectivity index (χ4n) is 4.25. The number of anilines is 2. The van der Waals surface area contributed by atoms with Gasteiger partial charge in [-0.3, -0.25) is 5.43 Å². The molecule has 0 amide bonds. The van der Waals surface area contributed by atoms with Crippen molar-refractivity contribution in [3.8, 4) is 5.75 Å². The molecule has 4 rings (SSSR count). The number of hydrogen-bond acceptors (Lipinski definition) is 5. The second kappa shape index (κ2) is 11.5. The topological polar surface area (TPSA) is 81.5 Å². The molecule has 196 valence electrons. The molecular weight excluding hydrogens is 511 g/mol. The molecule has 0 spiro atoms. The number of hydrogen-bond donors (Lipinski definition) is 4. The normalized spacial score (nSPS) is 13.2. The Morgan fingerprint density at radius 1 is 1.03 bits per heavy atom. The summed E-state index contributed by atoms with van der Waals surface area (Å²) in [5.74, 6) is -0.288. The number of nitrogens with one attached hydrogen (secondary N) is 4. The highest BCUT2D eigenvalue weighted by Gasteiger charge is 2.31. The zero-order chi connectivity index (χ0) is 27.3. The molecule has 0 aliphatic heterocycles. The second-order valence-corrected chi connectivity index (χ2v) is 9.15. The maximum absolute atomic E-state index is 12.4. The Morgan fingerprint density at radius 3 is 2.39 bits per heavy atom. The largest absolute Gasteiger partial charge is 0.573 e. The highest BCUT2D eigenvalue weighted by Crippen LogP contribution is 2.32. The van der Waals surface area contributed by atoms with E-state index < -0.39 is 6.36 Å². The molecule has 3 aromatic rings. The van der Waals surface area contributed by atoms with Crippen LogP contribution in [-0.2, 0) is 6.42 Å². The van der Waals surface area contributed by atoms with E-state index in [2.05, 4.69) is 25.9 Å². The molecule has 0 saturated carbocycles. The lowest BCUT2D eigenvalue weighted by atomic mass is 9.88. The molecule has 10 heteroatoms. The highest BCUT2D eigenvalue weighted by atomic mass is 32.1. The molecule has 1 aliphatic rings. The molecule has 3 aromatic carbocycles. The third-order valence-corrected chi connectivity index (χ3v) is 6.21. The van der Waals surface area contributed by atoms with Gasteiger partial charge in [0.05, 0.1) is 6.21 Å². The van der Waals surface area contributed by atoms with E-state index >= 15 is 0 Å². The standard InChI is InChI=1S/C28H26F3N5OS/c1-17-4-3-5-18(2)26(17)35-27(38)36-33-16-19-6-12-23-20(14-19)7-13-25(24(23)15-32)34-21-8-10-22(11-9-21)37-28(29,30)31/h3-6,8-12,14-16,32,34H,7,13H2,1-2H3,(H2,35,36,38)/b32-15?,33-16+. The van der Waals surface area contributed by atoms with E-state index in [0.29, 0.717) is 17.2 Å². The molecular formula is C28H26F3N5OS. The number of hydrazone groups is 1. The van der Waals surface area contributed by atoms with Crippen molar-refractivity contribution in [1.82, 2.24) is 5.43 Å². The van der Waals surface area contributed by atoms with Crippen LogP contribution in [0.1, 0.15) is 34.2 Å². The lowest BCUT2D eigenvalue weighted by molar-refractivity contribution is -0.274. The molecule has 0 aromatic heterocycles. The average Bonchev–Trinajstić information content (AvgIpc) is 2.86. The maximum atomic E-state index is 12.4. The molecule has 0 heterocycles. The summed E-state index contributed by atoms with van der Waals surface area (Å²) in [6.45, 7) is 4.02. The molecule has 0 saturated heterocycles. The smallest absolute Gasteiger partial charge is 0.406 e. The molecule has 0 bridgehead atoms. The Labute approximate surface area is 224 Å². The maximum Gasteiger partial charge on any atom is 0.573 e. The van der Waals surface area contributed by atoms with Gasteiger partial charge in [0.1, 0.15) is 5.75 Å². The van der Waals surface area contributed by atoms with Gasteiger partial charge in [0.2, 0.25) is 0 Å². The van der Waals surface area contributed by atoms with Crippen molar-refractivity contribution in [3.63, 3.8) is 0 Å². The van der Waals surface area contributed by atoms with Gasteiger partial charge >= 0.3 is 6.36 Å². The first kappa shape index (κ1) is 26.9. The van der Waals surface area contributed by atoms with Gasteiger partial charge in [-0.1, -0.05) is 30.3 Å². The van der Waals surface area contributed by atoms with E-state index in [0.717, 1.165) is 51.2 Å². The minimum atomic E-state index is -4.74. The summed E-state index contributed by atoms with van der Waals surface area (Å²) < 4.78 is 41.1. The van der Waals surface area contributed by atoms with Crippen molar-refractivity contribution in [2.45, 2.75) is 33.1 Å². The molecule has 38 heavy (non-hydrogen) atoms. The highest BCUT2D eigenvalue weighted by molar-refractivity contribution is 7.80. The van der Waals surface area contributed by atoms with Crippen molar-refractivity contribution in [1.29, 1.82) is 5.41 Å². The molecule has 6 nitrogen and oxygen atoms in total. The van der Waals surface area contributed by atoms with Crippen LogP contribution in [0.3, 0.4) is 0 Å². The van der Waals surface area contributed by atoms with Crippen molar-refractivity contribution >= 4 is 46.7 Å². The molecule has 0 fully saturated rings. The number of aryl methyl sites for hydroxylation is 3. The zero-order valence-electron chi connectivity index (χ0n) is 20.7. The Morgan fingerprint density at radius 2 is 1.74 bits per heavy atom. The fraction of sp³-hybridized carbons (Fsp3) is 0.179. The van der Waals surface area contributed by atoms with E-state index in [-0.39, 0.29) is 5.75 Å². The summed E-state index contributed by atoms with van der Waals surface area (Å²) in [6, 6.07) is 17.4. The second-order valence-electron chi connectivity index (χ2n) is 8.74. The van der Waals surface area contributed by atoms with Gasteiger partial charge in [-0.05, 0) is 97.1 Å². The van der Waals surface area contributed by atoms with E-state index in [1.54, 1.807) is 6.21 Å². The fourth-order valence-corrected chi connectivity index (χ4v) is 4.40. The third kappa shape index (κ3) is 6.77. The van der Waals surface area contributed by atoms with Crippen LogP contribution in [0.2, 0.25) is 0 Å². The molecule has 4 N–H and O–H groups in total. The SMILES string of the molecule is Cc1cccc(C)c1NC(=S)N/N=C/c1ccc2c(c1)CCC(Nc1ccc(OC(F)(F)F)cc1)=C2C=N. The van der Waals surface area contributed by atoms with Gasteiger partial charge in [0.15, 0.2) is 5.11 Å². The third-order valence-electron chi connectivity index (χ3n) is 6.02. The average molecular weight is 538 g/mol. The van der Waals surface area contributed by atoms with Crippen LogP contribution in [0.5, 0.6) is 5.75 Å². The van der Waals surface area contributed by atoms with Gasteiger partial charge in [-0.2, -0.15) is 5.10 Å². The zero-order valence-corrected chi connectivity index (χ0v) is 21.6. The number of rotatable bonds is 7. The Hall–Kier alpha value is -4.18. The molecule has 0 radical (unpaired) electrons. The summed E-state index contributed by atoms with van der Waals surface area (Å²) in [4.78, 5) is 0. The summed E-state index contributed by atoms with van der Waals surface area (Å²) in [5, 5.41) is 19.0. The first-order valence-corrected chi connectivity index (χ1v) is 12.2. The van der Waals surface area contributed by atoms with Crippen LogP contribution in [0.15, 0.2) is 71.5 Å². The number of ether oxygens (including phenoxy) is 1. The summed E-state index contributed by atoms with van der Waals surface area (Å²) in [7, 11) is 0. The lowest BCUT2D eigenvalue weighted by Crippen LogP contribution is -2.24.